The third-order valence-corrected chi connectivity index (χ3v) is 2.42. The van der Waals surface area contributed by atoms with Crippen LogP contribution in [0.2, 0.25) is 0 Å². The van der Waals surface area contributed by atoms with Gasteiger partial charge in [-0.05, 0) is 28.8 Å². The van der Waals surface area contributed by atoms with E-state index < -0.39 is 4.92 Å². The SMILES string of the molecule is O=[N+]([O-])c1cnc(Br)c(OC2CC2)c1. The molecule has 0 aromatic carbocycles. The lowest BCUT2D eigenvalue weighted by Gasteiger charge is -2.04. The van der Waals surface area contributed by atoms with Gasteiger partial charge >= 0.3 is 0 Å². The van der Waals surface area contributed by atoms with Gasteiger partial charge in [0.15, 0.2) is 5.75 Å². The zero-order chi connectivity index (χ0) is 10.1. The highest BCUT2D eigenvalue weighted by Gasteiger charge is 2.25. The van der Waals surface area contributed by atoms with Gasteiger partial charge in [-0.3, -0.25) is 10.1 Å². The van der Waals surface area contributed by atoms with Crippen LogP contribution in [0.25, 0.3) is 0 Å². The van der Waals surface area contributed by atoms with Crippen molar-refractivity contribution in [2.45, 2.75) is 18.9 Å². The van der Waals surface area contributed by atoms with Crippen molar-refractivity contribution in [1.82, 2.24) is 4.98 Å². The van der Waals surface area contributed by atoms with E-state index in [0.29, 0.717) is 10.4 Å². The molecule has 1 aromatic heterocycles. The van der Waals surface area contributed by atoms with Crippen molar-refractivity contribution in [3.05, 3.63) is 27.0 Å². The molecule has 0 bridgehead atoms. The van der Waals surface area contributed by atoms with Crippen LogP contribution in [0.15, 0.2) is 16.9 Å². The number of ether oxygens (including phenoxy) is 1. The van der Waals surface area contributed by atoms with Gasteiger partial charge in [-0.15, -0.1) is 0 Å². The predicted octanol–water partition coefficient (Wildman–Crippen LogP) is 2.29. The molecule has 14 heavy (non-hydrogen) atoms. The summed E-state index contributed by atoms with van der Waals surface area (Å²) in [6.45, 7) is 0. The summed E-state index contributed by atoms with van der Waals surface area (Å²) in [5.74, 6) is 0.446. The summed E-state index contributed by atoms with van der Waals surface area (Å²) in [6.07, 6.45) is 3.42. The number of aromatic nitrogens is 1. The number of nitro groups is 1. The second-order valence-electron chi connectivity index (χ2n) is 3.06. The van der Waals surface area contributed by atoms with Crippen LogP contribution in [0.5, 0.6) is 5.75 Å². The Labute approximate surface area is 88.4 Å². The molecular formula is C8H7BrN2O3. The van der Waals surface area contributed by atoms with Gasteiger partial charge in [0.2, 0.25) is 0 Å². The van der Waals surface area contributed by atoms with E-state index in [1.54, 1.807) is 0 Å². The lowest BCUT2D eigenvalue weighted by molar-refractivity contribution is -0.385. The second kappa shape index (κ2) is 3.53. The summed E-state index contributed by atoms with van der Waals surface area (Å²) in [7, 11) is 0. The minimum absolute atomic E-state index is 0.0520. The highest BCUT2D eigenvalue weighted by molar-refractivity contribution is 9.10. The Bertz CT molecular complexity index is 379. The maximum Gasteiger partial charge on any atom is 0.291 e. The molecular weight excluding hydrogens is 252 g/mol. The van der Waals surface area contributed by atoms with Crippen molar-refractivity contribution in [2.24, 2.45) is 0 Å². The smallest absolute Gasteiger partial charge is 0.291 e. The maximum absolute atomic E-state index is 10.5. The number of nitrogens with zero attached hydrogens (tertiary/aromatic N) is 2. The van der Waals surface area contributed by atoms with Gasteiger partial charge in [0.1, 0.15) is 10.8 Å². The van der Waals surface area contributed by atoms with Crippen LogP contribution < -0.4 is 4.74 Å². The molecule has 0 N–H and O–H groups in total. The number of rotatable bonds is 3. The largest absolute Gasteiger partial charge is 0.487 e. The molecule has 0 aliphatic heterocycles. The lowest BCUT2D eigenvalue weighted by Crippen LogP contribution is -1.99. The molecule has 74 valence electrons. The van der Waals surface area contributed by atoms with E-state index in [1.807, 2.05) is 0 Å². The Kier molecular flexibility index (Phi) is 2.37. The summed E-state index contributed by atoms with van der Waals surface area (Å²) in [4.78, 5) is 13.8. The van der Waals surface area contributed by atoms with Crippen LogP contribution in [-0.4, -0.2) is 16.0 Å². The maximum atomic E-state index is 10.5. The Hall–Kier alpha value is -1.17. The molecule has 0 atom stereocenters. The fraction of sp³-hybridized carbons (Fsp3) is 0.375. The van der Waals surface area contributed by atoms with Gasteiger partial charge in [-0.2, -0.15) is 0 Å². The highest BCUT2D eigenvalue weighted by atomic mass is 79.9. The zero-order valence-electron chi connectivity index (χ0n) is 7.14. The Morgan fingerprint density at radius 2 is 2.36 bits per heavy atom. The fourth-order valence-corrected chi connectivity index (χ4v) is 1.28. The molecule has 2 rings (SSSR count). The quantitative estimate of drug-likeness (QED) is 0.474. The van der Waals surface area contributed by atoms with Gasteiger partial charge in [0, 0.05) is 0 Å². The molecule has 0 unspecified atom stereocenters. The molecule has 6 heteroatoms. The van der Waals surface area contributed by atoms with E-state index in [0.717, 1.165) is 12.8 Å². The van der Waals surface area contributed by atoms with Crippen LogP contribution in [0.1, 0.15) is 12.8 Å². The topological polar surface area (TPSA) is 65.3 Å². The van der Waals surface area contributed by atoms with E-state index in [9.17, 15) is 10.1 Å². The average Bonchev–Trinajstić information content (AvgIpc) is 2.92. The van der Waals surface area contributed by atoms with E-state index >= 15 is 0 Å². The van der Waals surface area contributed by atoms with Crippen molar-refractivity contribution < 1.29 is 9.66 Å². The molecule has 0 saturated heterocycles. The van der Waals surface area contributed by atoms with Crippen LogP contribution >= 0.6 is 15.9 Å². The number of pyridine rings is 1. The molecule has 1 aliphatic carbocycles. The summed E-state index contributed by atoms with van der Waals surface area (Å²) >= 11 is 3.18. The third kappa shape index (κ3) is 2.01. The van der Waals surface area contributed by atoms with Crippen LogP contribution in [0.3, 0.4) is 0 Å². The first-order valence-corrected chi connectivity index (χ1v) is 4.92. The molecule has 0 spiro atoms. The summed E-state index contributed by atoms with van der Waals surface area (Å²) in [5.41, 5.74) is -0.0520. The number of hydrogen-bond donors (Lipinski definition) is 0. The fourth-order valence-electron chi connectivity index (χ4n) is 0.966. The van der Waals surface area contributed by atoms with Gasteiger partial charge in [0.05, 0.1) is 17.1 Å². The van der Waals surface area contributed by atoms with E-state index in [1.165, 1.54) is 12.3 Å². The zero-order valence-corrected chi connectivity index (χ0v) is 8.73. The first-order chi connectivity index (χ1) is 6.66. The van der Waals surface area contributed by atoms with E-state index in [-0.39, 0.29) is 11.8 Å². The standard InChI is InChI=1S/C8H7BrN2O3/c9-8-7(14-6-1-2-6)3-5(4-10-8)11(12)13/h3-4,6H,1-2H2. The highest BCUT2D eigenvalue weighted by Crippen LogP contribution is 2.32. The summed E-state index contributed by atoms with van der Waals surface area (Å²) in [5, 5.41) is 10.5. The number of halogens is 1. The normalized spacial score (nSPS) is 15.2. The molecule has 1 aromatic rings. The van der Waals surface area contributed by atoms with E-state index in [4.69, 9.17) is 4.74 Å². The molecule has 1 saturated carbocycles. The summed E-state index contributed by atoms with van der Waals surface area (Å²) in [6, 6.07) is 1.38. The lowest BCUT2D eigenvalue weighted by atomic mass is 10.4. The molecule has 0 amide bonds. The van der Waals surface area contributed by atoms with E-state index in [2.05, 4.69) is 20.9 Å². The van der Waals surface area contributed by atoms with Crippen molar-refractivity contribution in [2.75, 3.05) is 0 Å². The van der Waals surface area contributed by atoms with Gasteiger partial charge in [-0.1, -0.05) is 0 Å². The van der Waals surface area contributed by atoms with Gasteiger partial charge in [0.25, 0.3) is 5.69 Å². The predicted molar refractivity (Wildman–Crippen MR) is 52.2 cm³/mol. The van der Waals surface area contributed by atoms with Crippen molar-refractivity contribution in [1.29, 1.82) is 0 Å². The Morgan fingerprint density at radius 1 is 1.64 bits per heavy atom. The average molecular weight is 259 g/mol. The Morgan fingerprint density at radius 3 is 2.93 bits per heavy atom. The molecule has 0 radical (unpaired) electrons. The van der Waals surface area contributed by atoms with Crippen molar-refractivity contribution in [3.8, 4) is 5.75 Å². The first kappa shape index (κ1) is 9.39. The van der Waals surface area contributed by atoms with Crippen LogP contribution in [0, 0.1) is 10.1 Å². The second-order valence-corrected chi connectivity index (χ2v) is 3.81. The summed E-state index contributed by atoms with van der Waals surface area (Å²) < 4.78 is 5.94. The van der Waals surface area contributed by atoms with Gasteiger partial charge < -0.3 is 4.74 Å². The van der Waals surface area contributed by atoms with Crippen molar-refractivity contribution >= 4 is 21.6 Å². The van der Waals surface area contributed by atoms with Crippen LogP contribution in [0.4, 0.5) is 5.69 Å². The molecule has 1 fully saturated rings. The first-order valence-electron chi connectivity index (χ1n) is 4.13. The molecule has 5 nitrogen and oxygen atoms in total. The minimum atomic E-state index is -0.487. The van der Waals surface area contributed by atoms with Gasteiger partial charge in [-0.25, -0.2) is 4.98 Å². The third-order valence-electron chi connectivity index (χ3n) is 1.82. The van der Waals surface area contributed by atoms with Crippen LogP contribution in [-0.2, 0) is 0 Å². The Balaban J connectivity index is 2.26. The number of hydrogen-bond acceptors (Lipinski definition) is 4. The monoisotopic (exact) mass is 258 g/mol. The molecule has 1 aliphatic rings. The van der Waals surface area contributed by atoms with Crippen molar-refractivity contribution in [3.63, 3.8) is 0 Å². The molecule has 1 heterocycles. The minimum Gasteiger partial charge on any atom is -0.487 e.